The zero-order valence-electron chi connectivity index (χ0n) is 22.8. The summed E-state index contributed by atoms with van der Waals surface area (Å²) in [5.74, 6) is -0.777. The van der Waals surface area contributed by atoms with Gasteiger partial charge in [0.2, 0.25) is 0 Å². The van der Waals surface area contributed by atoms with Gasteiger partial charge < -0.3 is 26.4 Å². The molecular formula is C31H33N5O4. The highest BCUT2D eigenvalue weighted by atomic mass is 16.6. The minimum atomic E-state index is -0.575. The second kappa shape index (κ2) is 12.3. The first-order valence-corrected chi connectivity index (χ1v) is 13.0. The van der Waals surface area contributed by atoms with Crippen molar-refractivity contribution in [2.24, 2.45) is 5.73 Å². The summed E-state index contributed by atoms with van der Waals surface area (Å²) in [7, 11) is 0. The number of fused-ring (bicyclic) bond motifs is 1. The van der Waals surface area contributed by atoms with Crippen LogP contribution in [0.15, 0.2) is 79.0 Å². The molecule has 0 spiro atoms. The first kappa shape index (κ1) is 28.1. The molecule has 40 heavy (non-hydrogen) atoms. The van der Waals surface area contributed by atoms with Gasteiger partial charge in [0.25, 0.3) is 11.8 Å². The molecule has 0 saturated carbocycles. The number of nitrogens with one attached hydrogen (secondary N) is 3. The molecule has 4 aromatic rings. The van der Waals surface area contributed by atoms with E-state index in [-0.39, 0.29) is 5.91 Å². The third-order valence-corrected chi connectivity index (χ3v) is 5.96. The van der Waals surface area contributed by atoms with E-state index in [4.69, 9.17) is 10.5 Å². The fourth-order valence-corrected chi connectivity index (χ4v) is 4.07. The molecule has 0 aliphatic heterocycles. The number of carbonyl (C=O) groups excluding carboxylic acids is 3. The summed E-state index contributed by atoms with van der Waals surface area (Å²) in [6, 6.07) is 22.6. The molecule has 0 atom stereocenters. The average molecular weight is 540 g/mol. The predicted octanol–water partition coefficient (Wildman–Crippen LogP) is 5.39. The Kier molecular flexibility index (Phi) is 8.63. The Hall–Kier alpha value is -4.92. The molecule has 0 aliphatic rings. The number of amides is 3. The summed E-state index contributed by atoms with van der Waals surface area (Å²) in [6.07, 6.45) is 1.57. The fraction of sp³-hybridized carbons (Fsp3) is 0.226. The van der Waals surface area contributed by atoms with Crippen LogP contribution in [0.3, 0.4) is 0 Å². The lowest BCUT2D eigenvalue weighted by atomic mass is 9.99. The maximum atomic E-state index is 12.6. The Morgan fingerprint density at radius 1 is 0.875 bits per heavy atom. The van der Waals surface area contributed by atoms with Crippen LogP contribution in [0.4, 0.5) is 16.2 Å². The summed E-state index contributed by atoms with van der Waals surface area (Å²) in [4.78, 5) is 40.9. The van der Waals surface area contributed by atoms with Crippen molar-refractivity contribution < 1.29 is 19.1 Å². The Labute approximate surface area is 233 Å². The number of nitrogens with zero attached hydrogens (tertiary/aromatic N) is 1. The lowest BCUT2D eigenvalue weighted by Crippen LogP contribution is -2.34. The van der Waals surface area contributed by atoms with E-state index >= 15 is 0 Å². The predicted molar refractivity (Wildman–Crippen MR) is 157 cm³/mol. The molecule has 5 N–H and O–H groups in total. The third kappa shape index (κ3) is 7.35. The summed E-state index contributed by atoms with van der Waals surface area (Å²) < 4.78 is 5.19. The summed E-state index contributed by atoms with van der Waals surface area (Å²) >= 11 is 0. The number of primary amides is 1. The number of benzene rings is 3. The number of alkyl carbamates (subject to hydrolysis) is 1. The van der Waals surface area contributed by atoms with E-state index in [1.807, 2.05) is 60.7 Å². The molecule has 0 unspecified atom stereocenters. The van der Waals surface area contributed by atoms with Gasteiger partial charge in [-0.05, 0) is 74.7 Å². The lowest BCUT2D eigenvalue weighted by Gasteiger charge is -2.19. The number of carbonyl (C=O) groups is 3. The number of para-hydroxylation sites is 1. The van der Waals surface area contributed by atoms with Gasteiger partial charge in [0.05, 0.1) is 16.8 Å². The summed E-state index contributed by atoms with van der Waals surface area (Å²) in [5, 5.41) is 9.60. The van der Waals surface area contributed by atoms with Crippen LogP contribution in [-0.4, -0.2) is 41.6 Å². The number of rotatable bonds is 9. The molecule has 3 amide bonds. The Morgan fingerprint density at radius 3 is 2.23 bits per heavy atom. The van der Waals surface area contributed by atoms with Crippen molar-refractivity contribution in [3.05, 3.63) is 90.1 Å². The lowest BCUT2D eigenvalue weighted by molar-refractivity contribution is 0.0527. The van der Waals surface area contributed by atoms with Gasteiger partial charge in [0, 0.05) is 35.9 Å². The van der Waals surface area contributed by atoms with Crippen LogP contribution in [0.25, 0.3) is 22.0 Å². The van der Waals surface area contributed by atoms with Gasteiger partial charge in [-0.2, -0.15) is 0 Å². The standard InChI is InChI=1S/C31H33N5O4/c1-31(2,3)40-30(39)34-17-7-16-33-29(38)21-12-10-20(11-13-21)22-14-15-26-24(18-22)27(25(19-35-26)28(32)37)36-23-8-5-4-6-9-23/h4-6,8-15,18-19H,7,16-17H2,1-3H3,(H2,32,37)(H,33,38)(H,34,39)(H,35,36). The zero-order chi connectivity index (χ0) is 28.7. The Balaban J connectivity index is 1.45. The largest absolute Gasteiger partial charge is 0.444 e. The van der Waals surface area contributed by atoms with Crippen molar-refractivity contribution >= 4 is 40.2 Å². The van der Waals surface area contributed by atoms with Crippen LogP contribution in [0.5, 0.6) is 0 Å². The molecule has 1 heterocycles. The maximum absolute atomic E-state index is 12.6. The molecule has 0 radical (unpaired) electrons. The molecule has 9 nitrogen and oxygen atoms in total. The van der Waals surface area contributed by atoms with Crippen LogP contribution >= 0.6 is 0 Å². The molecule has 1 aromatic heterocycles. The van der Waals surface area contributed by atoms with E-state index in [2.05, 4.69) is 20.9 Å². The SMILES string of the molecule is CC(C)(C)OC(=O)NCCCNC(=O)c1ccc(-c2ccc3ncc(C(N)=O)c(Nc4ccccc4)c3c2)cc1. The van der Waals surface area contributed by atoms with Crippen LogP contribution < -0.4 is 21.7 Å². The number of ether oxygens (including phenoxy) is 1. The molecule has 3 aromatic carbocycles. The van der Waals surface area contributed by atoms with E-state index in [0.29, 0.717) is 41.8 Å². The van der Waals surface area contributed by atoms with E-state index in [1.165, 1.54) is 6.20 Å². The topological polar surface area (TPSA) is 135 Å². The van der Waals surface area contributed by atoms with Gasteiger partial charge in [-0.1, -0.05) is 36.4 Å². The van der Waals surface area contributed by atoms with E-state index in [0.717, 1.165) is 22.2 Å². The number of aromatic nitrogens is 1. The minimum absolute atomic E-state index is 0.202. The van der Waals surface area contributed by atoms with Crippen molar-refractivity contribution in [3.63, 3.8) is 0 Å². The van der Waals surface area contributed by atoms with Crippen molar-refractivity contribution in [3.8, 4) is 11.1 Å². The third-order valence-electron chi connectivity index (χ3n) is 5.96. The van der Waals surface area contributed by atoms with Gasteiger partial charge in [-0.15, -0.1) is 0 Å². The smallest absolute Gasteiger partial charge is 0.407 e. The number of anilines is 2. The number of nitrogens with two attached hydrogens (primary N) is 1. The van der Waals surface area contributed by atoms with Gasteiger partial charge >= 0.3 is 6.09 Å². The zero-order valence-corrected chi connectivity index (χ0v) is 22.8. The molecule has 4 rings (SSSR count). The molecule has 0 saturated heterocycles. The van der Waals surface area contributed by atoms with Gasteiger partial charge in [-0.25, -0.2) is 4.79 Å². The minimum Gasteiger partial charge on any atom is -0.444 e. The van der Waals surface area contributed by atoms with E-state index in [9.17, 15) is 14.4 Å². The Morgan fingerprint density at radius 2 is 1.55 bits per heavy atom. The van der Waals surface area contributed by atoms with Crippen LogP contribution in [0, 0.1) is 0 Å². The molecule has 206 valence electrons. The van der Waals surface area contributed by atoms with Crippen LogP contribution in [-0.2, 0) is 4.74 Å². The second-order valence-electron chi connectivity index (χ2n) is 10.2. The molecular weight excluding hydrogens is 506 g/mol. The number of pyridine rings is 1. The number of hydrogen-bond acceptors (Lipinski definition) is 6. The molecule has 9 heteroatoms. The first-order chi connectivity index (χ1) is 19.1. The molecule has 0 aliphatic carbocycles. The number of hydrogen-bond donors (Lipinski definition) is 4. The highest BCUT2D eigenvalue weighted by Gasteiger charge is 2.16. The van der Waals surface area contributed by atoms with Crippen LogP contribution in [0.1, 0.15) is 47.9 Å². The van der Waals surface area contributed by atoms with E-state index < -0.39 is 17.6 Å². The molecule has 0 bridgehead atoms. The van der Waals surface area contributed by atoms with Crippen molar-refractivity contribution in [2.75, 3.05) is 18.4 Å². The molecule has 0 fully saturated rings. The highest BCUT2D eigenvalue weighted by molar-refractivity contribution is 6.08. The van der Waals surface area contributed by atoms with Gasteiger partial charge in [0.1, 0.15) is 5.60 Å². The summed E-state index contributed by atoms with van der Waals surface area (Å²) in [5.41, 5.74) is 9.83. The normalized spacial score (nSPS) is 11.1. The monoisotopic (exact) mass is 539 g/mol. The van der Waals surface area contributed by atoms with Crippen molar-refractivity contribution in [1.82, 2.24) is 15.6 Å². The second-order valence-corrected chi connectivity index (χ2v) is 10.2. The van der Waals surface area contributed by atoms with Crippen molar-refractivity contribution in [1.29, 1.82) is 0 Å². The van der Waals surface area contributed by atoms with Gasteiger partial charge in [0.15, 0.2) is 0 Å². The van der Waals surface area contributed by atoms with E-state index in [1.54, 1.807) is 32.9 Å². The van der Waals surface area contributed by atoms with Crippen molar-refractivity contribution in [2.45, 2.75) is 32.8 Å². The van der Waals surface area contributed by atoms with Crippen LogP contribution in [0.2, 0.25) is 0 Å². The van der Waals surface area contributed by atoms with Gasteiger partial charge in [-0.3, -0.25) is 14.6 Å². The Bertz CT molecular complexity index is 1510. The maximum Gasteiger partial charge on any atom is 0.407 e. The summed E-state index contributed by atoms with van der Waals surface area (Å²) in [6.45, 7) is 6.21. The average Bonchev–Trinajstić information content (AvgIpc) is 2.92. The highest BCUT2D eigenvalue weighted by Crippen LogP contribution is 2.32. The fourth-order valence-electron chi connectivity index (χ4n) is 4.07. The first-order valence-electron chi connectivity index (χ1n) is 13.0. The quantitative estimate of drug-likeness (QED) is 0.211.